The Labute approximate surface area is 206 Å². The van der Waals surface area contributed by atoms with Gasteiger partial charge < -0.3 is 20.9 Å². The lowest BCUT2D eigenvalue weighted by Gasteiger charge is -2.34. The number of aromatic nitrogens is 3. The number of halogens is 2. The maximum atomic E-state index is 6.28. The van der Waals surface area contributed by atoms with Gasteiger partial charge in [0.25, 0.3) is 0 Å². The molecule has 1 aliphatic rings. The van der Waals surface area contributed by atoms with Crippen LogP contribution in [-0.2, 0) is 12.0 Å². The van der Waals surface area contributed by atoms with Crippen molar-refractivity contribution in [3.05, 3.63) is 75.5 Å². The van der Waals surface area contributed by atoms with Crippen LogP contribution in [0.15, 0.2) is 59.3 Å². The van der Waals surface area contributed by atoms with Crippen LogP contribution in [0, 0.1) is 0 Å². The van der Waals surface area contributed by atoms with Gasteiger partial charge in [-0.05, 0) is 82.7 Å². The molecule has 5 rings (SSSR count). The van der Waals surface area contributed by atoms with Gasteiger partial charge in [-0.25, -0.2) is 4.98 Å². The van der Waals surface area contributed by atoms with Gasteiger partial charge in [0.1, 0.15) is 5.82 Å². The van der Waals surface area contributed by atoms with Crippen molar-refractivity contribution in [3.8, 4) is 0 Å². The van der Waals surface area contributed by atoms with E-state index in [9.17, 15) is 0 Å². The fraction of sp³-hybridized carbons (Fsp3) is 0.280. The third-order valence-electron chi connectivity index (χ3n) is 6.44. The van der Waals surface area contributed by atoms with Crippen LogP contribution in [0.2, 0.25) is 5.02 Å². The molecule has 0 radical (unpaired) electrons. The predicted octanol–water partition coefficient (Wildman–Crippen LogP) is 6.37. The molecule has 0 aliphatic carbocycles. The molecule has 0 bridgehead atoms. The zero-order valence-corrected chi connectivity index (χ0v) is 20.7. The molecule has 4 aromatic rings. The Morgan fingerprint density at radius 2 is 1.97 bits per heavy atom. The van der Waals surface area contributed by atoms with Gasteiger partial charge in [0.15, 0.2) is 0 Å². The van der Waals surface area contributed by atoms with Gasteiger partial charge in [-0.15, -0.1) is 0 Å². The largest absolute Gasteiger partial charge is 0.365 e. The summed E-state index contributed by atoms with van der Waals surface area (Å²) in [5.74, 6) is 1.24. The number of piperidine rings is 1. The van der Waals surface area contributed by atoms with E-state index in [4.69, 9.17) is 11.6 Å². The Morgan fingerprint density at radius 1 is 1.15 bits per heavy atom. The van der Waals surface area contributed by atoms with Crippen molar-refractivity contribution < 1.29 is 0 Å². The molecule has 0 saturated carbocycles. The predicted molar refractivity (Wildman–Crippen MR) is 140 cm³/mol. The van der Waals surface area contributed by atoms with E-state index < -0.39 is 0 Å². The van der Waals surface area contributed by atoms with E-state index in [-0.39, 0.29) is 5.41 Å². The number of anilines is 3. The van der Waals surface area contributed by atoms with Gasteiger partial charge in [0.2, 0.25) is 5.95 Å². The second-order valence-corrected chi connectivity index (χ2v) is 10.00. The number of fused-ring (bicyclic) bond motifs is 1. The normalized spacial score (nSPS) is 15.5. The van der Waals surface area contributed by atoms with Crippen LogP contribution in [0.5, 0.6) is 0 Å². The third kappa shape index (κ3) is 4.71. The molecular formula is C25H26BrClN6. The van der Waals surface area contributed by atoms with Gasteiger partial charge in [-0.3, -0.25) is 0 Å². The van der Waals surface area contributed by atoms with Crippen LogP contribution in [-0.4, -0.2) is 28.0 Å². The van der Waals surface area contributed by atoms with E-state index in [0.717, 1.165) is 52.2 Å². The number of benzene rings is 2. The summed E-state index contributed by atoms with van der Waals surface area (Å²) in [5, 5.41) is 12.2. The van der Waals surface area contributed by atoms with Crippen LogP contribution in [0.3, 0.4) is 0 Å². The van der Waals surface area contributed by atoms with Crippen LogP contribution < -0.4 is 16.0 Å². The molecule has 0 atom stereocenters. The van der Waals surface area contributed by atoms with Crippen molar-refractivity contribution >= 4 is 55.9 Å². The molecule has 1 aliphatic heterocycles. The lowest BCUT2D eigenvalue weighted by Crippen LogP contribution is -2.37. The van der Waals surface area contributed by atoms with E-state index in [1.807, 2.05) is 24.3 Å². The standard InChI is InChI=1S/C25H26BrClN6/c1-25(8-10-28-11-9-25)19-14-29-22-7-6-17(12-18(19)22)32-24-31-15-20(26)23(33-24)30-13-16-4-2-3-5-21(16)27/h2-7,12,14-15,28-29H,8-11,13H2,1H3,(H2,30,31,32,33). The minimum atomic E-state index is 0.173. The molecule has 33 heavy (non-hydrogen) atoms. The lowest BCUT2D eigenvalue weighted by atomic mass is 9.75. The van der Waals surface area contributed by atoms with Crippen molar-refractivity contribution in [2.45, 2.75) is 31.7 Å². The Bertz CT molecular complexity index is 1280. The van der Waals surface area contributed by atoms with E-state index in [1.54, 1.807) is 6.20 Å². The molecule has 170 valence electrons. The summed E-state index contributed by atoms with van der Waals surface area (Å²) in [5.41, 5.74) is 4.67. The molecule has 8 heteroatoms. The maximum absolute atomic E-state index is 6.28. The highest BCUT2D eigenvalue weighted by Crippen LogP contribution is 2.38. The molecule has 1 fully saturated rings. The summed E-state index contributed by atoms with van der Waals surface area (Å²) in [7, 11) is 0. The fourth-order valence-electron chi connectivity index (χ4n) is 4.45. The quantitative estimate of drug-likeness (QED) is 0.235. The molecule has 1 saturated heterocycles. The molecule has 0 unspecified atom stereocenters. The molecule has 0 amide bonds. The first-order valence-corrected chi connectivity index (χ1v) is 12.3. The second-order valence-electron chi connectivity index (χ2n) is 8.73. The van der Waals surface area contributed by atoms with E-state index in [0.29, 0.717) is 18.3 Å². The minimum Gasteiger partial charge on any atom is -0.365 e. The highest BCUT2D eigenvalue weighted by Gasteiger charge is 2.31. The molecule has 0 spiro atoms. The van der Waals surface area contributed by atoms with E-state index in [2.05, 4.69) is 78.2 Å². The summed E-state index contributed by atoms with van der Waals surface area (Å²) in [6.07, 6.45) is 6.19. The summed E-state index contributed by atoms with van der Waals surface area (Å²) < 4.78 is 0.794. The Kier molecular flexibility index (Phi) is 6.27. The number of hydrogen-bond acceptors (Lipinski definition) is 5. The van der Waals surface area contributed by atoms with Crippen molar-refractivity contribution in [1.29, 1.82) is 0 Å². The summed E-state index contributed by atoms with van der Waals surface area (Å²) >= 11 is 9.82. The van der Waals surface area contributed by atoms with Crippen LogP contribution in [0.1, 0.15) is 30.9 Å². The average Bonchev–Trinajstić information content (AvgIpc) is 3.25. The zero-order valence-electron chi connectivity index (χ0n) is 18.4. The molecule has 2 aromatic carbocycles. The van der Waals surface area contributed by atoms with E-state index >= 15 is 0 Å². The van der Waals surface area contributed by atoms with Gasteiger partial charge >= 0.3 is 0 Å². The van der Waals surface area contributed by atoms with Crippen molar-refractivity contribution in [2.24, 2.45) is 0 Å². The Balaban J connectivity index is 1.37. The molecule has 2 aromatic heterocycles. The van der Waals surface area contributed by atoms with Crippen LogP contribution in [0.4, 0.5) is 17.5 Å². The lowest BCUT2D eigenvalue weighted by molar-refractivity contribution is 0.337. The topological polar surface area (TPSA) is 77.7 Å². The third-order valence-corrected chi connectivity index (χ3v) is 7.39. The second kappa shape index (κ2) is 9.33. The van der Waals surface area contributed by atoms with Crippen LogP contribution >= 0.6 is 27.5 Å². The van der Waals surface area contributed by atoms with E-state index in [1.165, 1.54) is 10.9 Å². The molecule has 3 heterocycles. The smallest absolute Gasteiger partial charge is 0.229 e. The molecule has 6 nitrogen and oxygen atoms in total. The van der Waals surface area contributed by atoms with Gasteiger partial charge in [-0.2, -0.15) is 4.98 Å². The number of hydrogen-bond donors (Lipinski definition) is 4. The fourth-order valence-corrected chi connectivity index (χ4v) is 4.98. The maximum Gasteiger partial charge on any atom is 0.229 e. The number of rotatable bonds is 6. The zero-order chi connectivity index (χ0) is 22.8. The number of H-pyrrole nitrogens is 1. The Morgan fingerprint density at radius 3 is 2.79 bits per heavy atom. The van der Waals surface area contributed by atoms with Crippen molar-refractivity contribution in [1.82, 2.24) is 20.3 Å². The average molecular weight is 526 g/mol. The summed E-state index contributed by atoms with van der Waals surface area (Å²) in [6.45, 7) is 5.04. The highest BCUT2D eigenvalue weighted by atomic mass is 79.9. The molecule has 4 N–H and O–H groups in total. The van der Waals surface area contributed by atoms with Crippen LogP contribution in [0.25, 0.3) is 10.9 Å². The first kappa shape index (κ1) is 22.2. The first-order chi connectivity index (χ1) is 16.0. The van der Waals surface area contributed by atoms with Crippen molar-refractivity contribution in [2.75, 3.05) is 23.7 Å². The number of aromatic amines is 1. The highest BCUT2D eigenvalue weighted by molar-refractivity contribution is 9.10. The number of nitrogens with one attached hydrogen (secondary N) is 4. The van der Waals surface area contributed by atoms with Gasteiger partial charge in [0, 0.05) is 40.6 Å². The first-order valence-electron chi connectivity index (χ1n) is 11.1. The number of nitrogens with zero attached hydrogens (tertiary/aromatic N) is 2. The minimum absolute atomic E-state index is 0.173. The summed E-state index contributed by atoms with van der Waals surface area (Å²) in [4.78, 5) is 12.6. The van der Waals surface area contributed by atoms with Crippen molar-refractivity contribution in [3.63, 3.8) is 0 Å². The molecular weight excluding hydrogens is 500 g/mol. The SMILES string of the molecule is CC1(c2c[nH]c3ccc(Nc4ncc(Br)c(NCc5ccccc5Cl)n4)cc23)CCNCC1. The van der Waals surface area contributed by atoms with Gasteiger partial charge in [-0.1, -0.05) is 36.7 Å². The Hall–Kier alpha value is -2.61. The summed E-state index contributed by atoms with van der Waals surface area (Å²) in [6, 6.07) is 14.1. The monoisotopic (exact) mass is 524 g/mol. The van der Waals surface area contributed by atoms with Gasteiger partial charge in [0.05, 0.1) is 4.47 Å².